The van der Waals surface area contributed by atoms with E-state index < -0.39 is 0 Å². The molecule has 0 spiro atoms. The maximum absolute atomic E-state index is 12.2. The largest absolute Gasteiger partial charge is 0.490 e. The number of nitrogens with one attached hydrogen (secondary N) is 1. The number of aromatic nitrogens is 2. The van der Waals surface area contributed by atoms with E-state index in [1.165, 1.54) is 11.8 Å². The Kier molecular flexibility index (Phi) is 10.4. The molecule has 184 valence electrons. The Bertz CT molecular complexity index is 1220. The lowest BCUT2D eigenvalue weighted by atomic mass is 10.2. The average Bonchev–Trinajstić information content (AvgIpc) is 2.79. The van der Waals surface area contributed by atoms with E-state index >= 15 is 0 Å². The molecule has 0 saturated heterocycles. The van der Waals surface area contributed by atoms with Gasteiger partial charge in [0.05, 0.1) is 32.2 Å². The van der Waals surface area contributed by atoms with Gasteiger partial charge in [0, 0.05) is 11.4 Å². The highest BCUT2D eigenvalue weighted by Crippen LogP contribution is 2.35. The number of aryl methyl sites for hydroxylation is 2. The maximum atomic E-state index is 12.2. The van der Waals surface area contributed by atoms with Crippen LogP contribution in [0.4, 0.5) is 0 Å². The lowest BCUT2D eigenvalue weighted by molar-refractivity contribution is -0.118. The molecule has 1 N–H and O–H groups in total. The summed E-state index contributed by atoms with van der Waals surface area (Å²) in [7, 11) is 0. The Hall–Kier alpha value is -2.08. The zero-order valence-corrected chi connectivity index (χ0v) is 23.8. The molecule has 0 atom stereocenters. The summed E-state index contributed by atoms with van der Waals surface area (Å²) in [6.45, 7) is 6.45. The van der Waals surface area contributed by atoms with Crippen LogP contribution < -0.4 is 14.9 Å². The van der Waals surface area contributed by atoms with Gasteiger partial charge in [0.25, 0.3) is 5.91 Å². The first kappa shape index (κ1) is 27.5. The molecule has 0 bridgehead atoms. The Morgan fingerprint density at radius 2 is 1.86 bits per heavy atom. The number of rotatable bonds is 10. The van der Waals surface area contributed by atoms with Gasteiger partial charge in [0.1, 0.15) is 6.61 Å². The van der Waals surface area contributed by atoms with Crippen molar-refractivity contribution in [2.75, 3.05) is 12.4 Å². The molecule has 0 unspecified atom stereocenters. The molecule has 0 aliphatic heterocycles. The first-order valence-electron chi connectivity index (χ1n) is 10.5. The minimum Gasteiger partial charge on any atom is -0.490 e. The predicted molar refractivity (Wildman–Crippen MR) is 149 cm³/mol. The van der Waals surface area contributed by atoms with Crippen LogP contribution in [0, 0.1) is 17.4 Å². The predicted octanol–water partition coefficient (Wildman–Crippen LogP) is 6.22. The van der Waals surface area contributed by atoms with Gasteiger partial charge in [-0.3, -0.25) is 4.79 Å². The maximum Gasteiger partial charge on any atom is 0.250 e. The fraction of sp³-hybridized carbons (Fsp3) is 0.250. The van der Waals surface area contributed by atoms with Gasteiger partial charge in [0.2, 0.25) is 0 Å². The van der Waals surface area contributed by atoms with Crippen molar-refractivity contribution in [3.05, 3.63) is 72.5 Å². The molecule has 35 heavy (non-hydrogen) atoms. The van der Waals surface area contributed by atoms with Crippen molar-refractivity contribution in [1.29, 1.82) is 0 Å². The summed E-state index contributed by atoms with van der Waals surface area (Å²) in [6.07, 6.45) is 1.56. The van der Waals surface area contributed by atoms with Crippen LogP contribution in [0.3, 0.4) is 0 Å². The van der Waals surface area contributed by atoms with Crippen LogP contribution in [0.5, 0.6) is 11.5 Å². The third-order valence-electron chi connectivity index (χ3n) is 4.40. The number of benzene rings is 2. The number of carbonyl (C=O) groups excluding carboxylic acids is 1. The summed E-state index contributed by atoms with van der Waals surface area (Å²) in [5, 5.41) is 5.60. The Morgan fingerprint density at radius 1 is 1.11 bits per heavy atom. The number of amides is 1. The van der Waals surface area contributed by atoms with Crippen molar-refractivity contribution in [2.45, 2.75) is 32.5 Å². The minimum atomic E-state index is -0.254. The highest BCUT2D eigenvalue weighted by molar-refractivity contribution is 14.1. The Balaban J connectivity index is 1.62. The highest BCUT2D eigenvalue weighted by Gasteiger charge is 2.13. The summed E-state index contributed by atoms with van der Waals surface area (Å²) in [4.78, 5) is 20.8. The third kappa shape index (κ3) is 8.52. The van der Waals surface area contributed by atoms with Crippen LogP contribution in [-0.4, -0.2) is 34.4 Å². The van der Waals surface area contributed by atoms with Crippen LogP contribution in [-0.2, 0) is 11.4 Å². The van der Waals surface area contributed by atoms with Gasteiger partial charge in [-0.1, -0.05) is 41.0 Å². The molecule has 11 heteroatoms. The van der Waals surface area contributed by atoms with E-state index in [4.69, 9.17) is 32.7 Å². The van der Waals surface area contributed by atoms with Crippen LogP contribution in [0.25, 0.3) is 0 Å². The van der Waals surface area contributed by atoms with Crippen molar-refractivity contribution < 1.29 is 14.3 Å². The van der Waals surface area contributed by atoms with E-state index in [-0.39, 0.29) is 11.7 Å². The molecule has 3 aromatic rings. The lowest BCUT2D eigenvalue weighted by Gasteiger charge is -2.15. The van der Waals surface area contributed by atoms with E-state index in [0.29, 0.717) is 39.9 Å². The van der Waals surface area contributed by atoms with Gasteiger partial charge in [-0.2, -0.15) is 5.10 Å². The van der Waals surface area contributed by atoms with Gasteiger partial charge in [-0.25, -0.2) is 15.4 Å². The molecule has 1 heterocycles. The van der Waals surface area contributed by atoms with Crippen LogP contribution in [0.2, 0.25) is 10.0 Å². The van der Waals surface area contributed by atoms with Gasteiger partial charge in [-0.15, -0.1) is 0 Å². The van der Waals surface area contributed by atoms with Crippen molar-refractivity contribution in [2.24, 2.45) is 5.10 Å². The van der Waals surface area contributed by atoms with Gasteiger partial charge in [-0.05, 0) is 84.8 Å². The van der Waals surface area contributed by atoms with Crippen molar-refractivity contribution >= 4 is 69.7 Å². The summed E-state index contributed by atoms with van der Waals surface area (Å²) in [6, 6.07) is 10.9. The van der Waals surface area contributed by atoms with Gasteiger partial charge < -0.3 is 9.47 Å². The first-order chi connectivity index (χ1) is 16.7. The molecular formula is C24H23Cl2IN4O3S. The second kappa shape index (κ2) is 13.3. The van der Waals surface area contributed by atoms with Crippen molar-refractivity contribution in [3.63, 3.8) is 0 Å². The first-order valence-corrected chi connectivity index (χ1v) is 13.4. The quantitative estimate of drug-likeness (QED) is 0.0927. The summed E-state index contributed by atoms with van der Waals surface area (Å²) in [5.41, 5.74) is 5.90. The molecule has 0 fully saturated rings. The number of carbonyl (C=O) groups is 1. The SMILES string of the molecule is CCOc1cc(/C=N\NC(=O)CSc2nc(C)cc(C)n2)cc(I)c1OCc1ccc(Cl)c(Cl)c1. The van der Waals surface area contributed by atoms with E-state index in [1.54, 1.807) is 18.3 Å². The lowest BCUT2D eigenvalue weighted by Crippen LogP contribution is -2.19. The second-order valence-corrected chi connectivity index (χ2v) is 10.2. The van der Waals surface area contributed by atoms with Crippen LogP contribution in [0.15, 0.2) is 46.7 Å². The topological polar surface area (TPSA) is 85.7 Å². The molecule has 3 rings (SSSR count). The zero-order valence-electron chi connectivity index (χ0n) is 19.3. The highest BCUT2D eigenvalue weighted by atomic mass is 127. The molecule has 0 saturated carbocycles. The fourth-order valence-corrected chi connectivity index (χ4v) is 4.79. The summed E-state index contributed by atoms with van der Waals surface area (Å²) >= 11 is 15.5. The smallest absolute Gasteiger partial charge is 0.250 e. The standard InChI is InChI=1S/C24H23Cl2IN4O3S/c1-4-33-21-10-17(9-20(27)23(21)34-12-16-5-6-18(25)19(26)8-16)11-28-31-22(32)13-35-24-29-14(2)7-15(3)30-24/h5-11H,4,12-13H2,1-3H3,(H,31,32)/b28-11-. The van der Waals surface area contributed by atoms with Crippen LogP contribution >= 0.6 is 57.6 Å². The van der Waals surface area contributed by atoms with Gasteiger partial charge >= 0.3 is 0 Å². The summed E-state index contributed by atoms with van der Waals surface area (Å²) < 4.78 is 12.6. The van der Waals surface area contributed by atoms with E-state index in [2.05, 4.69) is 43.1 Å². The Labute approximate surface area is 232 Å². The normalized spacial score (nSPS) is 11.0. The number of hydrazone groups is 1. The number of nitrogens with zero attached hydrogens (tertiary/aromatic N) is 3. The summed E-state index contributed by atoms with van der Waals surface area (Å²) in [5.74, 6) is 1.10. The van der Waals surface area contributed by atoms with Crippen molar-refractivity contribution in [3.8, 4) is 11.5 Å². The number of halogens is 3. The molecule has 0 radical (unpaired) electrons. The van der Waals surface area contributed by atoms with Crippen LogP contribution in [0.1, 0.15) is 29.4 Å². The van der Waals surface area contributed by atoms with E-state index in [1.807, 2.05) is 45.0 Å². The molecule has 1 aromatic heterocycles. The fourth-order valence-electron chi connectivity index (χ4n) is 2.95. The average molecular weight is 645 g/mol. The number of hydrogen-bond acceptors (Lipinski definition) is 7. The van der Waals surface area contributed by atoms with E-state index in [9.17, 15) is 4.79 Å². The zero-order chi connectivity index (χ0) is 25.4. The number of ether oxygens (including phenoxy) is 2. The molecule has 0 aliphatic rings. The number of hydrogen-bond donors (Lipinski definition) is 1. The second-order valence-electron chi connectivity index (χ2n) is 7.32. The monoisotopic (exact) mass is 644 g/mol. The minimum absolute atomic E-state index is 0.156. The van der Waals surface area contributed by atoms with Crippen molar-refractivity contribution in [1.82, 2.24) is 15.4 Å². The Morgan fingerprint density at radius 3 is 2.54 bits per heavy atom. The third-order valence-corrected chi connectivity index (χ3v) is 6.78. The molecule has 0 aliphatic carbocycles. The molecule has 7 nitrogen and oxygen atoms in total. The molecule has 2 aromatic carbocycles. The van der Waals surface area contributed by atoms with Gasteiger partial charge in [0.15, 0.2) is 16.7 Å². The van der Waals surface area contributed by atoms with E-state index in [0.717, 1.165) is 26.1 Å². The molecule has 1 amide bonds. The molecular weight excluding hydrogens is 622 g/mol. The number of thioether (sulfide) groups is 1.